The van der Waals surface area contributed by atoms with E-state index in [1.807, 2.05) is 6.92 Å². The third-order valence-corrected chi connectivity index (χ3v) is 5.36. The number of hydrogen-bond donors (Lipinski definition) is 2. The minimum absolute atomic E-state index is 0. The zero-order valence-electron chi connectivity index (χ0n) is 14.5. The lowest BCUT2D eigenvalue weighted by Crippen LogP contribution is -2.39. The van der Waals surface area contributed by atoms with Crippen molar-refractivity contribution in [2.75, 3.05) is 20.1 Å². The number of rotatable bonds is 6. The van der Waals surface area contributed by atoms with Crippen molar-refractivity contribution in [3.63, 3.8) is 0 Å². The first kappa shape index (κ1) is 22.3. The number of guanidine groups is 1. The lowest BCUT2D eigenvalue weighted by atomic mass is 10.1. The van der Waals surface area contributed by atoms with Gasteiger partial charge in [-0.05, 0) is 53.9 Å². The van der Waals surface area contributed by atoms with Crippen LogP contribution in [0.5, 0.6) is 0 Å². The SMILES string of the molecule is CN=C(NCCc1ccc(F)c(Br)c1)NCCc1nc(C)c(C)s1.I. The fourth-order valence-electron chi connectivity index (χ4n) is 2.17. The first-order chi connectivity index (χ1) is 11.5. The average Bonchev–Trinajstić information content (AvgIpc) is 2.87. The number of nitrogens with zero attached hydrogens (tertiary/aromatic N) is 2. The van der Waals surface area contributed by atoms with Gasteiger partial charge in [-0.1, -0.05) is 6.07 Å². The molecule has 0 aliphatic heterocycles. The smallest absolute Gasteiger partial charge is 0.191 e. The molecule has 0 radical (unpaired) electrons. The van der Waals surface area contributed by atoms with Gasteiger partial charge in [-0.3, -0.25) is 4.99 Å². The fraction of sp³-hybridized carbons (Fsp3) is 0.412. The van der Waals surface area contributed by atoms with Crippen molar-refractivity contribution in [2.24, 2.45) is 4.99 Å². The lowest BCUT2D eigenvalue weighted by Gasteiger charge is -2.11. The van der Waals surface area contributed by atoms with Crippen LogP contribution in [0.25, 0.3) is 0 Å². The normalized spacial score (nSPS) is 11.2. The summed E-state index contributed by atoms with van der Waals surface area (Å²) in [6.07, 6.45) is 1.68. The van der Waals surface area contributed by atoms with Crippen molar-refractivity contribution in [1.82, 2.24) is 15.6 Å². The summed E-state index contributed by atoms with van der Waals surface area (Å²) in [6, 6.07) is 5.08. The van der Waals surface area contributed by atoms with Crippen LogP contribution in [0.15, 0.2) is 27.7 Å². The molecule has 0 saturated heterocycles. The summed E-state index contributed by atoms with van der Waals surface area (Å²) in [5.74, 6) is 0.526. The molecule has 0 spiro atoms. The number of aryl methyl sites for hydroxylation is 2. The van der Waals surface area contributed by atoms with Gasteiger partial charge in [0.05, 0.1) is 15.2 Å². The number of nitrogens with one attached hydrogen (secondary N) is 2. The molecule has 0 amide bonds. The number of aliphatic imine (C=N–C) groups is 1. The van der Waals surface area contributed by atoms with Crippen molar-refractivity contribution < 1.29 is 4.39 Å². The van der Waals surface area contributed by atoms with Crippen molar-refractivity contribution in [1.29, 1.82) is 0 Å². The molecule has 1 heterocycles. The molecule has 0 unspecified atom stereocenters. The predicted molar refractivity (Wildman–Crippen MR) is 118 cm³/mol. The van der Waals surface area contributed by atoms with Crippen molar-refractivity contribution in [2.45, 2.75) is 26.7 Å². The monoisotopic (exact) mass is 540 g/mol. The van der Waals surface area contributed by atoms with Crippen molar-refractivity contribution >= 4 is 57.2 Å². The van der Waals surface area contributed by atoms with E-state index in [1.165, 1.54) is 10.9 Å². The number of hydrogen-bond acceptors (Lipinski definition) is 3. The van der Waals surface area contributed by atoms with E-state index < -0.39 is 0 Å². The van der Waals surface area contributed by atoms with Crippen molar-refractivity contribution in [3.05, 3.63) is 49.6 Å². The Kier molecular flexibility index (Phi) is 9.88. The third kappa shape index (κ3) is 7.18. The van der Waals surface area contributed by atoms with Crippen LogP contribution in [0.2, 0.25) is 0 Å². The van der Waals surface area contributed by atoms with Crippen LogP contribution in [-0.4, -0.2) is 31.1 Å². The summed E-state index contributed by atoms with van der Waals surface area (Å²) < 4.78 is 13.7. The molecule has 25 heavy (non-hydrogen) atoms. The van der Waals surface area contributed by atoms with Gasteiger partial charge in [0.15, 0.2) is 5.96 Å². The molecule has 4 nitrogen and oxygen atoms in total. The lowest BCUT2D eigenvalue weighted by molar-refractivity contribution is 0.620. The van der Waals surface area contributed by atoms with E-state index in [0.717, 1.165) is 48.2 Å². The molecule has 0 atom stereocenters. The van der Waals surface area contributed by atoms with Gasteiger partial charge in [-0.25, -0.2) is 9.37 Å². The Morgan fingerprint density at radius 2 is 1.92 bits per heavy atom. The average molecular weight is 541 g/mol. The Bertz CT molecular complexity index is 701. The van der Waals surface area contributed by atoms with Gasteiger partial charge in [-0.2, -0.15) is 0 Å². The molecular weight excluding hydrogens is 518 g/mol. The molecular formula is C17H23BrFIN4S. The van der Waals surface area contributed by atoms with E-state index in [1.54, 1.807) is 30.5 Å². The summed E-state index contributed by atoms with van der Waals surface area (Å²) in [6.45, 7) is 5.65. The van der Waals surface area contributed by atoms with Crippen LogP contribution in [0.3, 0.4) is 0 Å². The number of thiazole rings is 1. The molecule has 138 valence electrons. The highest BCUT2D eigenvalue weighted by Gasteiger charge is 2.05. The molecule has 0 aliphatic rings. The Balaban J connectivity index is 0.00000312. The predicted octanol–water partition coefficient (Wildman–Crippen LogP) is 4.23. The number of halogens is 3. The van der Waals surface area contributed by atoms with E-state index in [4.69, 9.17) is 0 Å². The Labute approximate surface area is 177 Å². The molecule has 2 rings (SSSR count). The minimum atomic E-state index is -0.239. The Morgan fingerprint density at radius 3 is 2.48 bits per heavy atom. The second-order valence-electron chi connectivity index (χ2n) is 5.42. The van der Waals surface area contributed by atoms with Gasteiger partial charge in [0.2, 0.25) is 0 Å². The summed E-state index contributed by atoms with van der Waals surface area (Å²) >= 11 is 4.95. The third-order valence-electron chi connectivity index (χ3n) is 3.62. The van der Waals surface area contributed by atoms with Crippen LogP contribution in [0, 0.1) is 19.7 Å². The fourth-order valence-corrected chi connectivity index (χ4v) is 3.53. The second-order valence-corrected chi connectivity index (χ2v) is 7.57. The second kappa shape index (κ2) is 11.1. The van der Waals surface area contributed by atoms with Crippen LogP contribution < -0.4 is 10.6 Å². The molecule has 2 N–H and O–H groups in total. The molecule has 0 saturated carbocycles. The maximum atomic E-state index is 13.2. The summed E-state index contributed by atoms with van der Waals surface area (Å²) in [4.78, 5) is 10.0. The van der Waals surface area contributed by atoms with Crippen molar-refractivity contribution in [3.8, 4) is 0 Å². The number of benzene rings is 1. The Morgan fingerprint density at radius 1 is 1.24 bits per heavy atom. The highest BCUT2D eigenvalue weighted by atomic mass is 127. The highest BCUT2D eigenvalue weighted by Crippen LogP contribution is 2.17. The highest BCUT2D eigenvalue weighted by molar-refractivity contribution is 14.0. The van der Waals surface area contributed by atoms with E-state index in [0.29, 0.717) is 4.47 Å². The molecule has 1 aromatic heterocycles. The topological polar surface area (TPSA) is 49.3 Å². The van der Waals surface area contributed by atoms with Gasteiger partial charge in [-0.15, -0.1) is 35.3 Å². The van der Waals surface area contributed by atoms with Gasteiger partial charge >= 0.3 is 0 Å². The maximum absolute atomic E-state index is 13.2. The van der Waals surface area contributed by atoms with Crippen LogP contribution in [0.1, 0.15) is 21.1 Å². The maximum Gasteiger partial charge on any atom is 0.191 e. The van der Waals surface area contributed by atoms with Gasteiger partial charge in [0.25, 0.3) is 0 Å². The van der Waals surface area contributed by atoms with E-state index in [9.17, 15) is 4.39 Å². The summed E-state index contributed by atoms with van der Waals surface area (Å²) in [7, 11) is 1.75. The largest absolute Gasteiger partial charge is 0.356 e. The molecule has 0 fully saturated rings. The Hall–Kier alpha value is -0.740. The molecule has 2 aromatic rings. The molecule has 0 bridgehead atoms. The van der Waals surface area contributed by atoms with E-state index in [-0.39, 0.29) is 29.8 Å². The van der Waals surface area contributed by atoms with Gasteiger partial charge in [0.1, 0.15) is 5.82 Å². The van der Waals surface area contributed by atoms with Crippen LogP contribution in [-0.2, 0) is 12.8 Å². The first-order valence-electron chi connectivity index (χ1n) is 7.81. The standard InChI is InChI=1S/C17H22BrFN4S.HI/c1-11-12(2)24-16(23-11)7-9-22-17(20-3)21-8-6-13-4-5-15(19)14(18)10-13;/h4-5,10H,6-9H2,1-3H3,(H2,20,21,22);1H. The van der Waals surface area contributed by atoms with Crippen LogP contribution >= 0.6 is 51.2 Å². The zero-order valence-corrected chi connectivity index (χ0v) is 19.3. The molecule has 1 aromatic carbocycles. The molecule has 8 heteroatoms. The van der Waals surface area contributed by atoms with E-state index >= 15 is 0 Å². The minimum Gasteiger partial charge on any atom is -0.356 e. The van der Waals surface area contributed by atoms with Gasteiger partial charge in [0, 0.05) is 31.4 Å². The van der Waals surface area contributed by atoms with Gasteiger partial charge < -0.3 is 10.6 Å². The van der Waals surface area contributed by atoms with E-state index in [2.05, 4.69) is 43.5 Å². The number of aromatic nitrogens is 1. The molecule has 0 aliphatic carbocycles. The summed E-state index contributed by atoms with van der Waals surface area (Å²) in [5, 5.41) is 7.70. The zero-order chi connectivity index (χ0) is 17.5. The summed E-state index contributed by atoms with van der Waals surface area (Å²) in [5.41, 5.74) is 2.18. The quantitative estimate of drug-likeness (QED) is 0.327. The first-order valence-corrected chi connectivity index (χ1v) is 9.42. The van der Waals surface area contributed by atoms with Crippen LogP contribution in [0.4, 0.5) is 4.39 Å².